The Bertz CT molecular complexity index is 855. The van der Waals surface area contributed by atoms with E-state index in [1.54, 1.807) is 48.5 Å². The molecule has 140 valence electrons. The van der Waals surface area contributed by atoms with Crippen molar-refractivity contribution in [2.45, 2.75) is 17.7 Å². The van der Waals surface area contributed by atoms with Crippen LogP contribution in [0, 0.1) is 0 Å². The number of carbonyl (C=O) groups is 1. The molecule has 26 heavy (non-hydrogen) atoms. The van der Waals surface area contributed by atoms with Crippen LogP contribution in [0.4, 0.5) is 5.69 Å². The fraction of sp³-hybridized carbons (Fsp3) is 0.278. The van der Waals surface area contributed by atoms with Crippen molar-refractivity contribution in [1.29, 1.82) is 0 Å². The van der Waals surface area contributed by atoms with Crippen molar-refractivity contribution < 1.29 is 13.2 Å². The number of benzene rings is 2. The maximum Gasteiger partial charge on any atom is 0.243 e. The normalized spacial score (nSPS) is 11.5. The molecule has 0 atom stereocenters. The van der Waals surface area contributed by atoms with E-state index < -0.39 is 15.9 Å². The van der Waals surface area contributed by atoms with Crippen LogP contribution in [0.5, 0.6) is 0 Å². The van der Waals surface area contributed by atoms with Crippen LogP contribution in [0.1, 0.15) is 12.0 Å². The molecular weight excluding hydrogens is 395 g/mol. The second-order valence-corrected chi connectivity index (χ2v) is 8.56. The second-order valence-electron chi connectivity index (χ2n) is 5.73. The number of amides is 1. The van der Waals surface area contributed by atoms with Gasteiger partial charge in [-0.25, -0.2) is 8.42 Å². The molecule has 1 N–H and O–H groups in total. The van der Waals surface area contributed by atoms with Crippen LogP contribution in [0.15, 0.2) is 53.4 Å². The Labute approximate surface area is 164 Å². The molecule has 0 unspecified atom stereocenters. The van der Waals surface area contributed by atoms with E-state index in [9.17, 15) is 13.2 Å². The fourth-order valence-corrected chi connectivity index (χ4v) is 3.76. The minimum Gasteiger partial charge on any atom is -0.324 e. The summed E-state index contributed by atoms with van der Waals surface area (Å²) in [6.07, 6.45) is 1.62. The minimum absolute atomic E-state index is 0.139. The van der Waals surface area contributed by atoms with Gasteiger partial charge in [0, 0.05) is 12.9 Å². The van der Waals surface area contributed by atoms with Crippen LogP contribution < -0.4 is 5.32 Å². The van der Waals surface area contributed by atoms with E-state index in [1.165, 1.54) is 7.05 Å². The number of nitrogens with zero attached hydrogens (tertiary/aromatic N) is 1. The second kappa shape index (κ2) is 9.37. The van der Waals surface area contributed by atoms with Gasteiger partial charge in [-0.15, -0.1) is 11.6 Å². The number of alkyl halides is 1. The highest BCUT2D eigenvalue weighted by Gasteiger charge is 2.23. The van der Waals surface area contributed by atoms with Crippen LogP contribution in [-0.4, -0.2) is 38.1 Å². The third-order valence-corrected chi connectivity index (χ3v) is 6.16. The van der Waals surface area contributed by atoms with Crippen molar-refractivity contribution in [3.8, 4) is 0 Å². The van der Waals surface area contributed by atoms with Gasteiger partial charge in [0.05, 0.1) is 22.2 Å². The Morgan fingerprint density at radius 1 is 1.12 bits per heavy atom. The maximum absolute atomic E-state index is 12.6. The van der Waals surface area contributed by atoms with E-state index >= 15 is 0 Å². The first-order chi connectivity index (χ1) is 12.3. The van der Waals surface area contributed by atoms with E-state index in [4.69, 9.17) is 23.2 Å². The first kappa shape index (κ1) is 20.7. The van der Waals surface area contributed by atoms with Gasteiger partial charge < -0.3 is 5.32 Å². The molecule has 0 bridgehead atoms. The quantitative estimate of drug-likeness (QED) is 0.668. The molecule has 0 spiro atoms. The monoisotopic (exact) mass is 414 g/mol. The molecule has 0 aromatic heterocycles. The standard InChI is InChI=1S/C18H20Cl2N2O3S/c1-22(13-18(23)21-17-7-3-2-6-16(17)20)26(24,25)15-10-8-14(9-11-15)5-4-12-19/h2-3,6-11H,4-5,12-13H2,1H3,(H,21,23). The van der Waals surface area contributed by atoms with Gasteiger partial charge >= 0.3 is 0 Å². The summed E-state index contributed by atoms with van der Waals surface area (Å²) in [6, 6.07) is 13.4. The molecule has 0 aliphatic heterocycles. The molecule has 8 heteroatoms. The van der Waals surface area contributed by atoms with Crippen LogP contribution >= 0.6 is 23.2 Å². The van der Waals surface area contributed by atoms with Crippen LogP contribution in [-0.2, 0) is 21.2 Å². The summed E-state index contributed by atoms with van der Waals surface area (Å²) in [4.78, 5) is 12.3. The average Bonchev–Trinajstić information content (AvgIpc) is 2.62. The molecule has 0 saturated carbocycles. The molecule has 2 aromatic rings. The number of anilines is 1. The zero-order valence-electron chi connectivity index (χ0n) is 14.3. The lowest BCUT2D eigenvalue weighted by Gasteiger charge is -2.17. The number of rotatable bonds is 8. The first-order valence-corrected chi connectivity index (χ1v) is 10.4. The number of hydrogen-bond acceptors (Lipinski definition) is 3. The summed E-state index contributed by atoms with van der Waals surface area (Å²) < 4.78 is 26.2. The lowest BCUT2D eigenvalue weighted by atomic mass is 10.1. The van der Waals surface area contributed by atoms with Gasteiger partial charge in [0.25, 0.3) is 0 Å². The molecule has 0 saturated heterocycles. The number of halogens is 2. The van der Waals surface area contributed by atoms with Gasteiger partial charge in [-0.05, 0) is 42.7 Å². The van der Waals surface area contributed by atoms with E-state index in [-0.39, 0.29) is 11.4 Å². The number of nitrogens with one attached hydrogen (secondary N) is 1. The molecule has 0 aliphatic rings. The summed E-state index contributed by atoms with van der Waals surface area (Å²) in [5.74, 6) is 0.0893. The Kier molecular flexibility index (Phi) is 7.46. The van der Waals surface area contributed by atoms with E-state index in [0.29, 0.717) is 16.6 Å². The summed E-state index contributed by atoms with van der Waals surface area (Å²) in [7, 11) is -2.40. The molecule has 1 amide bonds. The molecule has 2 aromatic carbocycles. The Hall–Kier alpha value is -1.60. The van der Waals surface area contributed by atoms with Crippen molar-refractivity contribution in [1.82, 2.24) is 4.31 Å². The highest BCUT2D eigenvalue weighted by atomic mass is 35.5. The third kappa shape index (κ3) is 5.45. The Morgan fingerprint density at radius 3 is 2.38 bits per heavy atom. The Balaban J connectivity index is 2.04. The summed E-state index contributed by atoms with van der Waals surface area (Å²) in [5.41, 5.74) is 1.46. The third-order valence-electron chi connectivity index (χ3n) is 3.74. The van der Waals surface area contributed by atoms with E-state index in [0.717, 1.165) is 22.7 Å². The lowest BCUT2D eigenvalue weighted by molar-refractivity contribution is -0.116. The number of aryl methyl sites for hydroxylation is 1. The molecule has 0 fully saturated rings. The van der Waals surface area contributed by atoms with Crippen LogP contribution in [0.25, 0.3) is 0 Å². The molecule has 0 radical (unpaired) electrons. The number of likely N-dealkylation sites (N-methyl/N-ethyl adjacent to an activating group) is 1. The van der Waals surface area contributed by atoms with Gasteiger partial charge in [-0.2, -0.15) is 4.31 Å². The SMILES string of the molecule is CN(CC(=O)Nc1ccccc1Cl)S(=O)(=O)c1ccc(CCCCl)cc1. The number of para-hydroxylation sites is 1. The van der Waals surface area contributed by atoms with Crippen molar-refractivity contribution in [2.24, 2.45) is 0 Å². The minimum atomic E-state index is -3.76. The van der Waals surface area contributed by atoms with Gasteiger partial charge in [-0.1, -0.05) is 35.9 Å². The summed E-state index contributed by atoms with van der Waals surface area (Å²) in [6.45, 7) is -0.318. The topological polar surface area (TPSA) is 66.5 Å². The predicted molar refractivity (Wildman–Crippen MR) is 105 cm³/mol. The highest BCUT2D eigenvalue weighted by Crippen LogP contribution is 2.21. The van der Waals surface area contributed by atoms with Crippen molar-refractivity contribution in [2.75, 3.05) is 24.8 Å². The van der Waals surface area contributed by atoms with Gasteiger partial charge in [-0.3, -0.25) is 4.79 Å². The van der Waals surface area contributed by atoms with E-state index in [1.807, 2.05) is 0 Å². The molecule has 5 nitrogen and oxygen atoms in total. The first-order valence-electron chi connectivity index (χ1n) is 8.00. The van der Waals surface area contributed by atoms with Crippen molar-refractivity contribution in [3.63, 3.8) is 0 Å². The van der Waals surface area contributed by atoms with Crippen molar-refractivity contribution >= 4 is 44.8 Å². The van der Waals surface area contributed by atoms with Crippen molar-refractivity contribution in [3.05, 3.63) is 59.1 Å². The highest BCUT2D eigenvalue weighted by molar-refractivity contribution is 7.89. The van der Waals surface area contributed by atoms with Gasteiger partial charge in [0.2, 0.25) is 15.9 Å². The van der Waals surface area contributed by atoms with E-state index in [2.05, 4.69) is 5.32 Å². The predicted octanol–water partition coefficient (Wildman–Crippen LogP) is 3.77. The number of carbonyl (C=O) groups excluding carboxylic acids is 1. The van der Waals surface area contributed by atoms with Crippen LogP contribution in [0.3, 0.4) is 0 Å². The molecule has 0 heterocycles. The summed E-state index contributed by atoms with van der Waals surface area (Å²) in [5, 5.41) is 3.00. The van der Waals surface area contributed by atoms with Crippen LogP contribution in [0.2, 0.25) is 5.02 Å². The maximum atomic E-state index is 12.6. The smallest absolute Gasteiger partial charge is 0.243 e. The fourth-order valence-electron chi connectivity index (χ4n) is 2.32. The molecule has 2 rings (SSSR count). The summed E-state index contributed by atoms with van der Waals surface area (Å²) >= 11 is 11.7. The average molecular weight is 415 g/mol. The largest absolute Gasteiger partial charge is 0.324 e. The molecule has 0 aliphatic carbocycles. The van der Waals surface area contributed by atoms with Gasteiger partial charge in [0.1, 0.15) is 0 Å². The number of hydrogen-bond donors (Lipinski definition) is 1. The molecular formula is C18H20Cl2N2O3S. The lowest BCUT2D eigenvalue weighted by Crippen LogP contribution is -2.35. The Morgan fingerprint density at radius 2 is 1.77 bits per heavy atom. The zero-order valence-corrected chi connectivity index (χ0v) is 16.6. The van der Waals surface area contributed by atoms with Gasteiger partial charge in [0.15, 0.2) is 0 Å². The zero-order chi connectivity index (χ0) is 19.2. The number of sulfonamides is 1.